The second-order valence-corrected chi connectivity index (χ2v) is 4.05. The maximum Gasteiger partial charge on any atom is 1.00 e. The molecular formula is C14H19LiO5. The van der Waals surface area contributed by atoms with E-state index in [1.807, 2.05) is 6.07 Å². The Labute approximate surface area is 130 Å². The minimum atomic E-state index is -0.340. The molecule has 1 aromatic rings. The molecule has 106 valence electrons. The zero-order valence-electron chi connectivity index (χ0n) is 11.9. The van der Waals surface area contributed by atoms with E-state index in [-0.39, 0.29) is 35.8 Å². The predicted molar refractivity (Wildman–Crippen MR) is 70.8 cm³/mol. The Morgan fingerprint density at radius 3 is 2.60 bits per heavy atom. The van der Waals surface area contributed by atoms with E-state index >= 15 is 0 Å². The summed E-state index contributed by atoms with van der Waals surface area (Å²) in [5.74, 6) is 0.358. The smallest absolute Gasteiger partial charge is 0.870 e. The Balaban J connectivity index is 0. The van der Waals surface area contributed by atoms with Crippen LogP contribution in [-0.4, -0.2) is 30.6 Å². The summed E-state index contributed by atoms with van der Waals surface area (Å²) in [7, 11) is 1.37. The van der Waals surface area contributed by atoms with E-state index in [0.717, 1.165) is 0 Å². The third-order valence-corrected chi connectivity index (χ3v) is 2.87. The van der Waals surface area contributed by atoms with Crippen LogP contribution >= 0.6 is 0 Å². The van der Waals surface area contributed by atoms with Crippen LogP contribution in [0.1, 0.15) is 29.6 Å². The van der Waals surface area contributed by atoms with Crippen molar-refractivity contribution in [3.8, 4) is 5.75 Å². The molecule has 6 heteroatoms. The van der Waals surface area contributed by atoms with Gasteiger partial charge < -0.3 is 20.4 Å². The summed E-state index contributed by atoms with van der Waals surface area (Å²) < 4.78 is 10.2. The second kappa shape index (κ2) is 10.5. The molecule has 0 radical (unpaired) electrons. The van der Waals surface area contributed by atoms with Crippen LogP contribution in [0.5, 0.6) is 5.75 Å². The fourth-order valence-corrected chi connectivity index (χ4v) is 1.67. The molecule has 0 bridgehead atoms. The van der Waals surface area contributed by atoms with Gasteiger partial charge in [-0.1, -0.05) is 11.6 Å². The van der Waals surface area contributed by atoms with Crippen molar-refractivity contribution in [1.29, 1.82) is 0 Å². The molecule has 1 saturated carbocycles. The Bertz CT molecular complexity index is 439. The zero-order valence-corrected chi connectivity index (χ0v) is 11.9. The normalized spacial score (nSPS) is 11.8. The van der Waals surface area contributed by atoms with Crippen molar-refractivity contribution in [2.75, 3.05) is 13.7 Å². The van der Waals surface area contributed by atoms with Crippen LogP contribution < -0.4 is 23.6 Å². The molecule has 1 aliphatic carbocycles. The van der Waals surface area contributed by atoms with Crippen molar-refractivity contribution >= 4 is 5.97 Å². The number of benzene rings is 1. The van der Waals surface area contributed by atoms with Gasteiger partial charge >= 0.3 is 24.8 Å². The molecule has 0 saturated heterocycles. The van der Waals surface area contributed by atoms with E-state index in [1.165, 1.54) is 31.9 Å². The molecule has 1 aliphatic rings. The Kier molecular flexibility index (Phi) is 11.1. The third-order valence-electron chi connectivity index (χ3n) is 2.87. The fourth-order valence-electron chi connectivity index (χ4n) is 1.67. The summed E-state index contributed by atoms with van der Waals surface area (Å²) in [5, 5.41) is 0. The first kappa shape index (κ1) is 21.1. The maximum absolute atomic E-state index is 11.3. The van der Waals surface area contributed by atoms with Gasteiger partial charge in [-0.05, 0) is 43.5 Å². The SMILES string of the molecule is COC(=O)c1cccc(OCC=C2CCC2)c1.O.[Li+].[OH-]. The van der Waals surface area contributed by atoms with Crippen LogP contribution in [-0.2, 0) is 4.74 Å². The Hall–Kier alpha value is -1.25. The van der Waals surface area contributed by atoms with Crippen LogP contribution in [0.25, 0.3) is 0 Å². The van der Waals surface area contributed by atoms with Crippen LogP contribution in [0.15, 0.2) is 35.9 Å². The average Bonchev–Trinajstić information content (AvgIpc) is 2.32. The van der Waals surface area contributed by atoms with E-state index in [1.54, 1.807) is 18.2 Å². The minimum Gasteiger partial charge on any atom is -0.870 e. The van der Waals surface area contributed by atoms with Crippen molar-refractivity contribution in [3.63, 3.8) is 0 Å². The van der Waals surface area contributed by atoms with E-state index in [9.17, 15) is 4.79 Å². The van der Waals surface area contributed by atoms with E-state index in [2.05, 4.69) is 10.8 Å². The number of esters is 1. The number of carbonyl (C=O) groups is 1. The topological polar surface area (TPSA) is 97.0 Å². The van der Waals surface area contributed by atoms with E-state index < -0.39 is 0 Å². The summed E-state index contributed by atoms with van der Waals surface area (Å²) >= 11 is 0. The first-order valence-electron chi connectivity index (χ1n) is 5.78. The standard InChI is InChI=1S/C14H16O3.Li.2H2O/c1-16-14(15)12-6-3-7-13(10-12)17-9-8-11-4-2-5-11;;;/h3,6-8,10H,2,4-5,9H2,1H3;;2*1H2/q;+1;;/p-1. The van der Waals surface area contributed by atoms with Gasteiger partial charge in [-0.3, -0.25) is 0 Å². The first-order chi connectivity index (χ1) is 8.29. The molecule has 0 unspecified atom stereocenters. The van der Waals surface area contributed by atoms with Crippen LogP contribution in [0.3, 0.4) is 0 Å². The zero-order chi connectivity index (χ0) is 12.1. The molecular weight excluding hydrogens is 255 g/mol. The molecule has 0 atom stereocenters. The summed E-state index contributed by atoms with van der Waals surface area (Å²) in [5.41, 5.74) is 1.98. The monoisotopic (exact) mass is 274 g/mol. The number of ether oxygens (including phenoxy) is 2. The van der Waals surface area contributed by atoms with Gasteiger partial charge in [0.2, 0.25) is 0 Å². The summed E-state index contributed by atoms with van der Waals surface area (Å²) in [4.78, 5) is 11.3. The fraction of sp³-hybridized carbons (Fsp3) is 0.357. The van der Waals surface area contributed by atoms with Gasteiger partial charge in [-0.2, -0.15) is 0 Å². The van der Waals surface area contributed by atoms with Gasteiger partial charge in [-0.25, -0.2) is 4.79 Å². The number of hydrogen-bond donors (Lipinski definition) is 0. The third kappa shape index (κ3) is 5.80. The molecule has 5 nitrogen and oxygen atoms in total. The van der Waals surface area contributed by atoms with E-state index in [0.29, 0.717) is 17.9 Å². The van der Waals surface area contributed by atoms with Crippen molar-refractivity contribution in [1.82, 2.24) is 0 Å². The van der Waals surface area contributed by atoms with Crippen molar-refractivity contribution < 1.29 is 44.1 Å². The van der Waals surface area contributed by atoms with Crippen LogP contribution in [0.4, 0.5) is 0 Å². The number of carbonyl (C=O) groups excluding carboxylic acids is 1. The number of allylic oxidation sites excluding steroid dienone is 1. The van der Waals surface area contributed by atoms with Gasteiger partial charge in [0, 0.05) is 0 Å². The van der Waals surface area contributed by atoms with Crippen molar-refractivity contribution in [2.45, 2.75) is 19.3 Å². The quantitative estimate of drug-likeness (QED) is 0.398. The van der Waals surface area contributed by atoms with Gasteiger partial charge in [0.1, 0.15) is 12.4 Å². The minimum absolute atomic E-state index is 0. The molecule has 0 spiro atoms. The molecule has 0 aliphatic heterocycles. The Morgan fingerprint density at radius 2 is 2.05 bits per heavy atom. The molecule has 3 N–H and O–H groups in total. The molecule has 1 fully saturated rings. The van der Waals surface area contributed by atoms with E-state index in [4.69, 9.17) is 4.74 Å². The van der Waals surface area contributed by atoms with Gasteiger partial charge in [-0.15, -0.1) is 0 Å². The van der Waals surface area contributed by atoms with Gasteiger partial charge in [0.15, 0.2) is 0 Å². The van der Waals surface area contributed by atoms with Crippen molar-refractivity contribution in [2.24, 2.45) is 0 Å². The molecule has 20 heavy (non-hydrogen) atoms. The average molecular weight is 274 g/mol. The number of methoxy groups -OCH3 is 1. The molecule has 0 heterocycles. The summed E-state index contributed by atoms with van der Waals surface area (Å²) in [6.07, 6.45) is 5.81. The maximum atomic E-state index is 11.3. The Morgan fingerprint density at radius 1 is 1.35 bits per heavy atom. The predicted octanol–water partition coefficient (Wildman–Crippen LogP) is -1.04. The number of rotatable bonds is 4. The second-order valence-electron chi connectivity index (χ2n) is 4.05. The molecule has 1 aromatic carbocycles. The van der Waals surface area contributed by atoms with Crippen LogP contribution in [0, 0.1) is 0 Å². The summed E-state index contributed by atoms with van der Waals surface area (Å²) in [6.45, 7) is 0.569. The molecule has 2 rings (SSSR count). The number of hydrogen-bond acceptors (Lipinski definition) is 4. The van der Waals surface area contributed by atoms with Crippen molar-refractivity contribution in [3.05, 3.63) is 41.5 Å². The summed E-state index contributed by atoms with van der Waals surface area (Å²) in [6, 6.07) is 7.04. The van der Waals surface area contributed by atoms with Gasteiger partial charge in [0.05, 0.1) is 12.7 Å². The van der Waals surface area contributed by atoms with Gasteiger partial charge in [0.25, 0.3) is 0 Å². The van der Waals surface area contributed by atoms with Crippen LogP contribution in [0.2, 0.25) is 0 Å². The first-order valence-corrected chi connectivity index (χ1v) is 5.78. The molecule has 0 aromatic heterocycles. The largest absolute Gasteiger partial charge is 1.00 e. The molecule has 0 amide bonds.